The van der Waals surface area contributed by atoms with Crippen molar-refractivity contribution in [2.45, 2.75) is 44.4 Å². The van der Waals surface area contributed by atoms with Gasteiger partial charge in [-0.2, -0.15) is 0 Å². The van der Waals surface area contributed by atoms with Crippen molar-refractivity contribution in [2.24, 2.45) is 5.41 Å². The number of nitrogens with zero attached hydrogens (tertiary/aromatic N) is 1. The maximum absolute atomic E-state index is 15.6. The van der Waals surface area contributed by atoms with E-state index in [0.29, 0.717) is 18.4 Å². The maximum Gasteiger partial charge on any atom is 0.254 e. The quantitative estimate of drug-likeness (QED) is 0.589. The highest BCUT2D eigenvalue weighted by atomic mass is 32.2. The maximum atomic E-state index is 15.6. The molecule has 34 heavy (non-hydrogen) atoms. The second-order valence-corrected chi connectivity index (χ2v) is 11.1. The first-order valence-electron chi connectivity index (χ1n) is 11.2. The van der Waals surface area contributed by atoms with Crippen LogP contribution in [0.4, 0.5) is 13.2 Å². The average molecular weight is 497 g/mol. The summed E-state index contributed by atoms with van der Waals surface area (Å²) in [5.41, 5.74) is -0.100. The SMILES string of the molecule is CCS(=O)(=O)N[C@H]1[C@@H](Cc2cc(F)cc(-c3ccccc3)c2F)N(C(=O)[C@H](O)CF)CC12CC2. The van der Waals surface area contributed by atoms with Crippen LogP contribution in [0.15, 0.2) is 42.5 Å². The van der Waals surface area contributed by atoms with E-state index >= 15 is 4.39 Å². The van der Waals surface area contributed by atoms with Crippen LogP contribution in [-0.4, -0.2) is 61.5 Å². The first kappa shape index (κ1) is 24.7. The summed E-state index contributed by atoms with van der Waals surface area (Å²) in [6.45, 7) is 0.278. The van der Waals surface area contributed by atoms with Gasteiger partial charge in [0.25, 0.3) is 5.91 Å². The fraction of sp³-hybridized carbons (Fsp3) is 0.458. The molecule has 2 aliphatic rings. The van der Waals surface area contributed by atoms with Crippen molar-refractivity contribution in [1.82, 2.24) is 9.62 Å². The third kappa shape index (κ3) is 4.71. The zero-order chi connectivity index (χ0) is 24.7. The minimum absolute atomic E-state index is 0.0326. The van der Waals surface area contributed by atoms with Crippen LogP contribution in [0.25, 0.3) is 11.1 Å². The summed E-state index contributed by atoms with van der Waals surface area (Å²) in [6.07, 6.45) is -0.863. The lowest BCUT2D eigenvalue weighted by Crippen LogP contribution is -2.51. The fourth-order valence-electron chi connectivity index (χ4n) is 4.83. The largest absolute Gasteiger partial charge is 0.381 e. The standard InChI is InChI=1S/C24H27F3N2O4S/c1-2-34(32,33)28-22-19(29(14-24(22)8-9-24)23(31)20(30)13-25)11-16-10-17(26)12-18(21(16)27)15-6-4-3-5-7-15/h3-7,10,12,19-20,22,28,30H,2,8-9,11,13-14H2,1H3/t19-,20-,22+/m1/s1. The van der Waals surface area contributed by atoms with Crippen molar-refractivity contribution >= 4 is 15.9 Å². The molecule has 6 nitrogen and oxygen atoms in total. The molecular formula is C24H27F3N2O4S. The molecule has 1 saturated carbocycles. The molecule has 1 spiro atoms. The van der Waals surface area contributed by atoms with E-state index in [2.05, 4.69) is 4.72 Å². The molecule has 0 aromatic heterocycles. The Morgan fingerprint density at radius 2 is 1.91 bits per heavy atom. The number of sulfonamides is 1. The minimum atomic E-state index is -3.70. The van der Waals surface area contributed by atoms with E-state index in [9.17, 15) is 27.1 Å². The normalized spacial score (nSPS) is 22.2. The molecule has 2 fully saturated rings. The molecule has 184 valence electrons. The number of rotatable bonds is 8. The second-order valence-electron chi connectivity index (χ2n) is 9.06. The van der Waals surface area contributed by atoms with E-state index in [0.717, 1.165) is 12.1 Å². The van der Waals surface area contributed by atoms with E-state index < -0.39 is 57.8 Å². The fourth-order valence-corrected chi connectivity index (χ4v) is 5.79. The second kappa shape index (κ2) is 9.31. The summed E-state index contributed by atoms with van der Waals surface area (Å²) in [6, 6.07) is 8.85. The zero-order valence-electron chi connectivity index (χ0n) is 18.7. The predicted octanol–water partition coefficient (Wildman–Crippen LogP) is 2.80. The number of carbonyl (C=O) groups is 1. The van der Waals surface area contributed by atoms with Crippen LogP contribution in [0.1, 0.15) is 25.3 Å². The Morgan fingerprint density at radius 1 is 1.24 bits per heavy atom. The van der Waals surface area contributed by atoms with Crippen LogP contribution >= 0.6 is 0 Å². The van der Waals surface area contributed by atoms with Crippen molar-refractivity contribution in [3.63, 3.8) is 0 Å². The lowest BCUT2D eigenvalue weighted by Gasteiger charge is -2.30. The van der Waals surface area contributed by atoms with Gasteiger partial charge in [0, 0.05) is 23.6 Å². The van der Waals surface area contributed by atoms with Crippen LogP contribution in [-0.2, 0) is 21.2 Å². The number of hydrogen-bond donors (Lipinski definition) is 2. The van der Waals surface area contributed by atoms with Gasteiger partial charge in [-0.25, -0.2) is 26.3 Å². The molecular weight excluding hydrogens is 469 g/mol. The predicted molar refractivity (Wildman–Crippen MR) is 121 cm³/mol. The molecule has 0 radical (unpaired) electrons. The highest BCUT2D eigenvalue weighted by Crippen LogP contribution is 2.55. The highest BCUT2D eigenvalue weighted by Gasteiger charge is 2.61. The van der Waals surface area contributed by atoms with Gasteiger partial charge in [0.15, 0.2) is 6.10 Å². The number of amides is 1. The van der Waals surface area contributed by atoms with Gasteiger partial charge in [0.2, 0.25) is 10.0 Å². The Balaban J connectivity index is 1.76. The Labute approximate surface area is 196 Å². The van der Waals surface area contributed by atoms with Gasteiger partial charge in [-0.1, -0.05) is 30.3 Å². The molecule has 1 aliphatic carbocycles. The molecule has 2 N–H and O–H groups in total. The number of nitrogens with one attached hydrogen (secondary N) is 1. The summed E-state index contributed by atoms with van der Waals surface area (Å²) in [5, 5.41) is 9.88. The number of aliphatic hydroxyl groups is 1. The summed E-state index contributed by atoms with van der Waals surface area (Å²) >= 11 is 0. The van der Waals surface area contributed by atoms with Crippen molar-refractivity contribution in [3.05, 3.63) is 59.7 Å². The molecule has 4 rings (SSSR count). The van der Waals surface area contributed by atoms with E-state index in [4.69, 9.17) is 0 Å². The van der Waals surface area contributed by atoms with Gasteiger partial charge >= 0.3 is 0 Å². The molecule has 2 aromatic carbocycles. The van der Waals surface area contributed by atoms with E-state index in [1.807, 2.05) is 0 Å². The van der Waals surface area contributed by atoms with Crippen molar-refractivity contribution < 1.29 is 31.5 Å². The third-order valence-corrected chi connectivity index (χ3v) is 8.22. The van der Waals surface area contributed by atoms with Crippen LogP contribution < -0.4 is 4.72 Å². The molecule has 1 heterocycles. The molecule has 1 amide bonds. The minimum Gasteiger partial charge on any atom is -0.381 e. The van der Waals surface area contributed by atoms with Gasteiger partial charge in [0.05, 0.1) is 11.8 Å². The summed E-state index contributed by atoms with van der Waals surface area (Å²) in [7, 11) is -3.70. The molecule has 3 atom stereocenters. The first-order chi connectivity index (χ1) is 16.1. The number of halogens is 3. The van der Waals surface area contributed by atoms with Crippen LogP contribution in [0.2, 0.25) is 0 Å². The van der Waals surface area contributed by atoms with Crippen LogP contribution in [0, 0.1) is 17.0 Å². The first-order valence-corrected chi connectivity index (χ1v) is 12.8. The molecule has 0 bridgehead atoms. The Hall–Kier alpha value is -2.43. The Kier molecular flexibility index (Phi) is 6.76. The van der Waals surface area contributed by atoms with Crippen molar-refractivity contribution in [2.75, 3.05) is 19.0 Å². The van der Waals surface area contributed by atoms with Crippen LogP contribution in [0.3, 0.4) is 0 Å². The number of hydrogen-bond acceptors (Lipinski definition) is 4. The number of carbonyl (C=O) groups excluding carboxylic acids is 1. The molecule has 2 aromatic rings. The monoisotopic (exact) mass is 496 g/mol. The van der Waals surface area contributed by atoms with Gasteiger partial charge in [-0.15, -0.1) is 0 Å². The van der Waals surface area contributed by atoms with E-state index in [1.54, 1.807) is 30.3 Å². The van der Waals surface area contributed by atoms with Gasteiger partial charge in [0.1, 0.15) is 18.3 Å². The number of aliphatic hydroxyl groups excluding tert-OH is 1. The molecule has 1 saturated heterocycles. The smallest absolute Gasteiger partial charge is 0.254 e. The highest BCUT2D eigenvalue weighted by molar-refractivity contribution is 7.89. The van der Waals surface area contributed by atoms with Gasteiger partial charge < -0.3 is 10.0 Å². The molecule has 1 aliphatic heterocycles. The summed E-state index contributed by atoms with van der Waals surface area (Å²) in [5.74, 6) is -2.45. The number of likely N-dealkylation sites (tertiary alicyclic amines) is 1. The van der Waals surface area contributed by atoms with Gasteiger partial charge in [-0.3, -0.25) is 4.79 Å². The van der Waals surface area contributed by atoms with E-state index in [-0.39, 0.29) is 29.8 Å². The lowest BCUT2D eigenvalue weighted by atomic mass is 9.91. The third-order valence-electron chi connectivity index (χ3n) is 6.85. The lowest BCUT2D eigenvalue weighted by molar-refractivity contribution is -0.142. The van der Waals surface area contributed by atoms with Gasteiger partial charge in [-0.05, 0) is 49.4 Å². The number of benzene rings is 2. The Morgan fingerprint density at radius 3 is 2.50 bits per heavy atom. The Bertz CT molecular complexity index is 1170. The van der Waals surface area contributed by atoms with E-state index in [1.165, 1.54) is 11.8 Å². The van der Waals surface area contributed by atoms with Crippen molar-refractivity contribution in [3.8, 4) is 11.1 Å². The van der Waals surface area contributed by atoms with Crippen LogP contribution in [0.5, 0.6) is 0 Å². The van der Waals surface area contributed by atoms with Crippen molar-refractivity contribution in [1.29, 1.82) is 0 Å². The summed E-state index contributed by atoms with van der Waals surface area (Å²) in [4.78, 5) is 14.0. The molecule has 10 heteroatoms. The summed E-state index contributed by atoms with van der Waals surface area (Å²) < 4.78 is 70.7. The average Bonchev–Trinajstić information content (AvgIpc) is 3.56. The molecule has 0 unspecified atom stereocenters. The topological polar surface area (TPSA) is 86.7 Å². The zero-order valence-corrected chi connectivity index (χ0v) is 19.5. The number of alkyl halides is 1.